The van der Waals surface area contributed by atoms with E-state index in [1.165, 1.54) is 0 Å². The smallest absolute Gasteiger partial charge is 0.172 e. The third-order valence-electron chi connectivity index (χ3n) is 3.93. The molecule has 0 aliphatic carbocycles. The van der Waals surface area contributed by atoms with Crippen molar-refractivity contribution in [3.05, 3.63) is 29.3 Å². The first kappa shape index (κ1) is 14.7. The summed E-state index contributed by atoms with van der Waals surface area (Å²) in [6.45, 7) is 4.15. The fraction of sp³-hybridized carbons (Fsp3) is 0.533. The van der Waals surface area contributed by atoms with Gasteiger partial charge < -0.3 is 20.9 Å². The summed E-state index contributed by atoms with van der Waals surface area (Å²) in [6, 6.07) is 5.94. The van der Waals surface area contributed by atoms with E-state index in [4.69, 9.17) is 16.0 Å². The Labute approximate surface area is 119 Å². The molecule has 0 bridgehead atoms. The number of hydrogen-bond acceptors (Lipinski definition) is 4. The molecule has 1 fully saturated rings. The van der Waals surface area contributed by atoms with Crippen molar-refractivity contribution in [2.45, 2.75) is 26.2 Å². The summed E-state index contributed by atoms with van der Waals surface area (Å²) >= 11 is 0. The monoisotopic (exact) mass is 277 g/mol. The van der Waals surface area contributed by atoms with Crippen LogP contribution in [-0.2, 0) is 0 Å². The number of aliphatic hydroxyl groups is 1. The molecule has 0 aromatic heterocycles. The maximum atomic E-state index is 9.11. The van der Waals surface area contributed by atoms with Gasteiger partial charge in [0.25, 0.3) is 0 Å². The van der Waals surface area contributed by atoms with Crippen molar-refractivity contribution in [3.63, 3.8) is 0 Å². The lowest BCUT2D eigenvalue weighted by atomic mass is 9.94. The lowest BCUT2D eigenvalue weighted by Gasteiger charge is -2.35. The molecule has 1 unspecified atom stereocenters. The van der Waals surface area contributed by atoms with Gasteiger partial charge in [-0.05, 0) is 49.8 Å². The lowest BCUT2D eigenvalue weighted by Crippen LogP contribution is -2.37. The van der Waals surface area contributed by atoms with Crippen molar-refractivity contribution in [1.82, 2.24) is 0 Å². The van der Waals surface area contributed by atoms with Gasteiger partial charge in [-0.25, -0.2) is 0 Å². The van der Waals surface area contributed by atoms with Crippen molar-refractivity contribution in [1.29, 1.82) is 0 Å². The molecule has 0 radical (unpaired) electrons. The van der Waals surface area contributed by atoms with Crippen LogP contribution in [0.3, 0.4) is 0 Å². The molecule has 1 aliphatic rings. The Kier molecular flexibility index (Phi) is 4.84. The summed E-state index contributed by atoms with van der Waals surface area (Å²) in [5, 5.41) is 21.2. The number of piperidine rings is 1. The number of nitrogens with zero attached hydrogens (tertiary/aromatic N) is 2. The van der Waals surface area contributed by atoms with Crippen molar-refractivity contribution >= 4 is 11.5 Å². The minimum atomic E-state index is 0.143. The second kappa shape index (κ2) is 6.61. The van der Waals surface area contributed by atoms with Gasteiger partial charge in [-0.3, -0.25) is 0 Å². The Balaban J connectivity index is 2.28. The van der Waals surface area contributed by atoms with Crippen LogP contribution in [0.2, 0.25) is 0 Å². The van der Waals surface area contributed by atoms with Crippen molar-refractivity contribution < 1.29 is 10.3 Å². The van der Waals surface area contributed by atoms with Gasteiger partial charge in [0.05, 0.1) is 0 Å². The molecule has 1 aliphatic heterocycles. The van der Waals surface area contributed by atoms with Crippen LogP contribution in [0.5, 0.6) is 0 Å². The zero-order chi connectivity index (χ0) is 14.5. The molecule has 0 spiro atoms. The van der Waals surface area contributed by atoms with Crippen LogP contribution in [0.15, 0.2) is 23.4 Å². The van der Waals surface area contributed by atoms with Gasteiger partial charge in [-0.2, -0.15) is 0 Å². The summed E-state index contributed by atoms with van der Waals surface area (Å²) in [5.74, 6) is 0.652. The Bertz CT molecular complexity index is 486. The maximum absolute atomic E-state index is 9.11. The van der Waals surface area contributed by atoms with Gasteiger partial charge in [-0.15, -0.1) is 0 Å². The molecular formula is C15H23N3O2. The highest BCUT2D eigenvalue weighted by Gasteiger charge is 2.22. The van der Waals surface area contributed by atoms with Crippen LogP contribution < -0.4 is 10.6 Å². The van der Waals surface area contributed by atoms with Crippen LogP contribution in [0.1, 0.15) is 30.4 Å². The number of aliphatic hydroxyl groups excluding tert-OH is 1. The van der Waals surface area contributed by atoms with E-state index in [0.29, 0.717) is 5.92 Å². The minimum Gasteiger partial charge on any atom is -0.409 e. The molecule has 20 heavy (non-hydrogen) atoms. The average Bonchev–Trinajstić information content (AvgIpc) is 2.47. The Hall–Kier alpha value is -1.75. The first-order chi connectivity index (χ1) is 9.65. The molecule has 4 N–H and O–H groups in total. The van der Waals surface area contributed by atoms with Gasteiger partial charge in [0, 0.05) is 30.9 Å². The average molecular weight is 277 g/mol. The second-order valence-electron chi connectivity index (χ2n) is 5.47. The van der Waals surface area contributed by atoms with Gasteiger partial charge >= 0.3 is 0 Å². The first-order valence-corrected chi connectivity index (χ1v) is 7.10. The summed E-state index contributed by atoms with van der Waals surface area (Å²) in [5.41, 5.74) is 8.71. The zero-order valence-corrected chi connectivity index (χ0v) is 11.9. The van der Waals surface area contributed by atoms with E-state index in [-0.39, 0.29) is 12.4 Å². The highest BCUT2D eigenvalue weighted by atomic mass is 16.4. The molecule has 1 heterocycles. The summed E-state index contributed by atoms with van der Waals surface area (Å²) < 4.78 is 0. The van der Waals surface area contributed by atoms with Crippen LogP contribution in [0.25, 0.3) is 0 Å². The number of nitrogens with two attached hydrogens (primary N) is 1. The molecule has 1 aromatic rings. The predicted molar refractivity (Wildman–Crippen MR) is 80.3 cm³/mol. The fourth-order valence-electron chi connectivity index (χ4n) is 2.88. The lowest BCUT2D eigenvalue weighted by molar-refractivity contribution is 0.244. The standard InChI is InChI=1S/C15H23N3O2/c1-11-4-5-13(15(16)17-20)14(9-11)18-7-2-3-12(10-18)6-8-19/h4-5,9,12,19-20H,2-3,6-8,10H2,1H3,(H2,16,17). The molecule has 1 atom stereocenters. The van der Waals surface area contributed by atoms with E-state index in [9.17, 15) is 0 Å². The number of aryl methyl sites for hydroxylation is 1. The molecule has 5 nitrogen and oxygen atoms in total. The quantitative estimate of drug-likeness (QED) is 0.338. The van der Waals surface area contributed by atoms with Crippen LogP contribution in [0, 0.1) is 12.8 Å². The SMILES string of the molecule is Cc1ccc(/C(N)=N/O)c(N2CCCC(CCO)C2)c1. The largest absolute Gasteiger partial charge is 0.409 e. The van der Waals surface area contributed by atoms with Crippen molar-refractivity contribution in [3.8, 4) is 0 Å². The number of amidine groups is 1. The van der Waals surface area contributed by atoms with E-state index in [1.54, 1.807) is 0 Å². The zero-order valence-electron chi connectivity index (χ0n) is 11.9. The fourth-order valence-corrected chi connectivity index (χ4v) is 2.88. The third-order valence-corrected chi connectivity index (χ3v) is 3.93. The Morgan fingerprint density at radius 2 is 2.30 bits per heavy atom. The van der Waals surface area contributed by atoms with E-state index in [2.05, 4.69) is 16.1 Å². The maximum Gasteiger partial charge on any atom is 0.172 e. The van der Waals surface area contributed by atoms with Gasteiger partial charge in [0.1, 0.15) is 0 Å². The molecule has 110 valence electrons. The van der Waals surface area contributed by atoms with Crippen LogP contribution in [-0.4, -0.2) is 35.8 Å². The van der Waals surface area contributed by atoms with E-state index < -0.39 is 0 Å². The number of oxime groups is 1. The molecule has 1 saturated heterocycles. The molecule has 0 amide bonds. The topological polar surface area (TPSA) is 82.1 Å². The minimum absolute atomic E-state index is 0.143. The molecular weight excluding hydrogens is 254 g/mol. The Morgan fingerprint density at radius 1 is 1.50 bits per heavy atom. The molecule has 2 rings (SSSR count). The van der Waals surface area contributed by atoms with Gasteiger partial charge in [-0.1, -0.05) is 11.2 Å². The Morgan fingerprint density at radius 3 is 3.00 bits per heavy atom. The summed E-state index contributed by atoms with van der Waals surface area (Å²) in [6.07, 6.45) is 3.09. The van der Waals surface area contributed by atoms with Crippen LogP contribution in [0.4, 0.5) is 5.69 Å². The van der Waals surface area contributed by atoms with Crippen molar-refractivity contribution in [2.24, 2.45) is 16.8 Å². The second-order valence-corrected chi connectivity index (χ2v) is 5.47. The highest BCUT2D eigenvalue weighted by molar-refractivity contribution is 6.02. The molecule has 5 heteroatoms. The van der Waals surface area contributed by atoms with E-state index in [1.807, 2.05) is 19.1 Å². The van der Waals surface area contributed by atoms with E-state index >= 15 is 0 Å². The number of anilines is 1. The number of benzene rings is 1. The normalized spacial score (nSPS) is 20.2. The van der Waals surface area contributed by atoms with Gasteiger partial charge in [0.2, 0.25) is 0 Å². The van der Waals surface area contributed by atoms with Gasteiger partial charge in [0.15, 0.2) is 5.84 Å². The molecule has 0 saturated carbocycles. The number of hydrogen-bond donors (Lipinski definition) is 3. The number of rotatable bonds is 4. The molecule has 1 aromatic carbocycles. The highest BCUT2D eigenvalue weighted by Crippen LogP contribution is 2.28. The summed E-state index contributed by atoms with van der Waals surface area (Å²) in [7, 11) is 0. The predicted octanol–water partition coefficient (Wildman–Crippen LogP) is 1.69. The summed E-state index contributed by atoms with van der Waals surface area (Å²) in [4.78, 5) is 2.28. The first-order valence-electron chi connectivity index (χ1n) is 7.10. The third kappa shape index (κ3) is 3.22. The van der Waals surface area contributed by atoms with E-state index in [0.717, 1.165) is 49.2 Å². The van der Waals surface area contributed by atoms with Crippen molar-refractivity contribution in [2.75, 3.05) is 24.6 Å². The van der Waals surface area contributed by atoms with Crippen LogP contribution >= 0.6 is 0 Å².